The van der Waals surface area contributed by atoms with Gasteiger partial charge in [-0.15, -0.1) is 0 Å². The molecule has 2 aliphatic rings. The normalized spacial score (nSPS) is 27.6. The van der Waals surface area contributed by atoms with Crippen molar-refractivity contribution in [1.29, 1.82) is 0 Å². The van der Waals surface area contributed by atoms with Crippen LogP contribution in [0.3, 0.4) is 0 Å². The van der Waals surface area contributed by atoms with E-state index in [0.29, 0.717) is 11.1 Å². The molecule has 28 heavy (non-hydrogen) atoms. The van der Waals surface area contributed by atoms with E-state index in [0.717, 1.165) is 21.3 Å². The van der Waals surface area contributed by atoms with Crippen LogP contribution in [-0.4, -0.2) is 50.1 Å². The second-order valence-corrected chi connectivity index (χ2v) is 6.75. The summed E-state index contributed by atoms with van der Waals surface area (Å²) in [5, 5.41) is 10.9. The van der Waals surface area contributed by atoms with Crippen LogP contribution in [0.4, 0.5) is 0 Å². The molecule has 0 saturated carbocycles. The molecule has 1 aromatic rings. The number of Topliss-reactive ketones (excluding diaryl/α,β-unsaturated/α-hetero) is 1. The number of aliphatic hydroxyl groups excluding tert-OH is 1. The van der Waals surface area contributed by atoms with Gasteiger partial charge in [-0.2, -0.15) is 0 Å². The van der Waals surface area contributed by atoms with Crippen molar-refractivity contribution < 1.29 is 38.5 Å². The van der Waals surface area contributed by atoms with Crippen LogP contribution >= 0.6 is 0 Å². The first-order valence-corrected chi connectivity index (χ1v) is 8.56. The molecule has 2 aliphatic carbocycles. The number of ketones is 1. The molecule has 1 aromatic carbocycles. The van der Waals surface area contributed by atoms with Crippen LogP contribution in [0.1, 0.15) is 29.9 Å². The molecule has 0 saturated heterocycles. The Hall–Kier alpha value is -3.16. The lowest BCUT2D eigenvalue weighted by Crippen LogP contribution is -2.53. The van der Waals surface area contributed by atoms with Gasteiger partial charge in [0.25, 0.3) is 0 Å². The lowest BCUT2D eigenvalue weighted by molar-refractivity contribution is -0.164. The van der Waals surface area contributed by atoms with E-state index in [2.05, 4.69) is 0 Å². The largest absolute Gasteiger partial charge is 0.511 e. The third-order valence-corrected chi connectivity index (χ3v) is 5.75. The topological polar surface area (TPSA) is 116 Å². The second kappa shape index (κ2) is 6.78. The van der Waals surface area contributed by atoms with Crippen molar-refractivity contribution in [2.45, 2.75) is 18.8 Å². The molecule has 0 amide bonds. The highest BCUT2D eigenvalue weighted by molar-refractivity contribution is 6.10. The fourth-order valence-corrected chi connectivity index (χ4v) is 4.71. The zero-order valence-electron chi connectivity index (χ0n) is 15.8. The van der Waals surface area contributed by atoms with E-state index in [-0.39, 0.29) is 5.57 Å². The van der Waals surface area contributed by atoms with Gasteiger partial charge in [-0.3, -0.25) is 14.4 Å². The number of hydrogen-bond acceptors (Lipinski definition) is 8. The Kier molecular flexibility index (Phi) is 4.74. The van der Waals surface area contributed by atoms with Crippen molar-refractivity contribution >= 4 is 23.7 Å². The van der Waals surface area contributed by atoms with E-state index >= 15 is 0 Å². The maximum Gasteiger partial charge on any atom is 0.337 e. The van der Waals surface area contributed by atoms with Gasteiger partial charge >= 0.3 is 17.9 Å². The second-order valence-electron chi connectivity index (χ2n) is 6.75. The first-order chi connectivity index (χ1) is 13.3. The van der Waals surface area contributed by atoms with E-state index in [1.807, 2.05) is 0 Å². The van der Waals surface area contributed by atoms with Gasteiger partial charge in [0.1, 0.15) is 22.9 Å². The Morgan fingerprint density at radius 3 is 2.07 bits per heavy atom. The summed E-state index contributed by atoms with van der Waals surface area (Å²) in [5.41, 5.74) is -1.26. The summed E-state index contributed by atoms with van der Waals surface area (Å²) in [6, 6.07) is 6.67. The van der Waals surface area contributed by atoms with Crippen LogP contribution in [0.2, 0.25) is 0 Å². The maximum atomic E-state index is 13.0. The number of fused-ring (bicyclic) bond motifs is 5. The van der Waals surface area contributed by atoms with Crippen LogP contribution in [-0.2, 0) is 33.4 Å². The molecule has 0 radical (unpaired) electrons. The van der Waals surface area contributed by atoms with E-state index in [9.17, 15) is 24.3 Å². The smallest absolute Gasteiger partial charge is 0.337 e. The molecule has 0 aromatic heterocycles. The molecule has 0 aliphatic heterocycles. The molecular formula is C20H20O8. The minimum absolute atomic E-state index is 0.320. The summed E-state index contributed by atoms with van der Waals surface area (Å²) in [6.45, 7) is 1.20. The highest BCUT2D eigenvalue weighted by Gasteiger charge is 2.71. The van der Waals surface area contributed by atoms with Gasteiger partial charge < -0.3 is 19.3 Å². The number of aliphatic hydroxyl groups is 1. The summed E-state index contributed by atoms with van der Waals surface area (Å²) in [7, 11) is 3.35. The van der Waals surface area contributed by atoms with Gasteiger partial charge in [0.05, 0.1) is 26.9 Å². The van der Waals surface area contributed by atoms with E-state index in [1.165, 1.54) is 6.92 Å². The van der Waals surface area contributed by atoms with Gasteiger partial charge in [-0.25, -0.2) is 4.79 Å². The standard InChI is InChI=1S/C20H20O8/c1-9(21)20(19(25)28-4)14-10-7-5-6-8-11(10)15(20)13(18(24)27-3)16(22)12(14)17(23)26-2/h5-8,12,14-15,22H,1-4H3/t12-,14-,15-,20-/m1/s1. The van der Waals surface area contributed by atoms with Gasteiger partial charge in [0.2, 0.25) is 0 Å². The zero-order chi connectivity index (χ0) is 20.8. The predicted molar refractivity (Wildman–Crippen MR) is 94.2 cm³/mol. The summed E-state index contributed by atoms with van der Waals surface area (Å²) in [4.78, 5) is 51.2. The number of carbonyl (C=O) groups is 4. The number of benzene rings is 1. The minimum atomic E-state index is -1.91. The SMILES string of the molecule is COC(=O)C1=C(O)[C@H](C(=O)OC)[C@H]2c3ccccc3[C@H]1[C@]2(C(C)=O)C(=O)OC. The molecule has 8 heteroatoms. The molecule has 0 spiro atoms. The summed E-state index contributed by atoms with van der Waals surface area (Å²) >= 11 is 0. The minimum Gasteiger partial charge on any atom is -0.511 e. The van der Waals surface area contributed by atoms with Crippen molar-refractivity contribution in [2.75, 3.05) is 21.3 Å². The Balaban J connectivity index is 2.49. The predicted octanol–water partition coefficient (Wildman–Crippen LogP) is 1.40. The third-order valence-electron chi connectivity index (χ3n) is 5.75. The van der Waals surface area contributed by atoms with Gasteiger partial charge in [0, 0.05) is 11.8 Å². The van der Waals surface area contributed by atoms with Crippen molar-refractivity contribution in [3.63, 3.8) is 0 Å². The van der Waals surface area contributed by atoms with Crippen molar-refractivity contribution in [3.05, 3.63) is 46.7 Å². The quantitative estimate of drug-likeness (QED) is 0.467. The summed E-state index contributed by atoms with van der Waals surface area (Å²) < 4.78 is 14.6. The average molecular weight is 388 g/mol. The molecular weight excluding hydrogens is 368 g/mol. The summed E-state index contributed by atoms with van der Waals surface area (Å²) in [5.74, 6) is -7.55. The maximum absolute atomic E-state index is 13.0. The zero-order valence-corrected chi connectivity index (χ0v) is 15.8. The van der Waals surface area contributed by atoms with Crippen molar-refractivity contribution in [1.82, 2.24) is 0 Å². The van der Waals surface area contributed by atoms with Crippen LogP contribution in [0.15, 0.2) is 35.6 Å². The van der Waals surface area contributed by atoms with E-state index < -0.39 is 52.6 Å². The van der Waals surface area contributed by atoms with E-state index in [4.69, 9.17) is 14.2 Å². The Labute approximate surface area is 161 Å². The number of methoxy groups -OCH3 is 3. The summed E-state index contributed by atoms with van der Waals surface area (Å²) in [6.07, 6.45) is 0. The molecule has 0 fully saturated rings. The molecule has 8 nitrogen and oxygen atoms in total. The highest BCUT2D eigenvalue weighted by Crippen LogP contribution is 2.66. The van der Waals surface area contributed by atoms with Gasteiger partial charge in [0.15, 0.2) is 0 Å². The van der Waals surface area contributed by atoms with E-state index in [1.54, 1.807) is 24.3 Å². The Morgan fingerprint density at radius 2 is 1.57 bits per heavy atom. The first-order valence-electron chi connectivity index (χ1n) is 8.56. The lowest BCUT2D eigenvalue weighted by atomic mass is 9.57. The number of rotatable bonds is 4. The fraction of sp³-hybridized carbons (Fsp3) is 0.400. The third kappa shape index (κ3) is 2.23. The molecule has 4 atom stereocenters. The Bertz CT molecular complexity index is 915. The fourth-order valence-electron chi connectivity index (χ4n) is 4.71. The van der Waals surface area contributed by atoms with Crippen LogP contribution in [0.25, 0.3) is 0 Å². The molecule has 148 valence electrons. The number of carbonyl (C=O) groups excluding carboxylic acids is 4. The average Bonchev–Trinajstić information content (AvgIpc) is 2.93. The van der Waals surface area contributed by atoms with Crippen LogP contribution in [0, 0.1) is 11.3 Å². The van der Waals surface area contributed by atoms with Gasteiger partial charge in [-0.05, 0) is 18.1 Å². The number of hydrogen-bond donors (Lipinski definition) is 1. The molecule has 2 bridgehead atoms. The number of esters is 3. The monoisotopic (exact) mass is 388 g/mol. The lowest BCUT2D eigenvalue weighted by Gasteiger charge is -2.42. The molecule has 3 rings (SSSR count). The number of ether oxygens (including phenoxy) is 3. The first kappa shape index (κ1) is 19.6. The van der Waals surface area contributed by atoms with Crippen molar-refractivity contribution in [3.8, 4) is 0 Å². The Morgan fingerprint density at radius 1 is 0.964 bits per heavy atom. The molecule has 1 N–H and O–H groups in total. The molecule has 0 heterocycles. The van der Waals surface area contributed by atoms with Crippen molar-refractivity contribution in [2.24, 2.45) is 11.3 Å². The highest BCUT2D eigenvalue weighted by atomic mass is 16.5. The van der Waals surface area contributed by atoms with Crippen LogP contribution in [0.5, 0.6) is 0 Å². The van der Waals surface area contributed by atoms with Crippen LogP contribution < -0.4 is 0 Å². The van der Waals surface area contributed by atoms with Gasteiger partial charge in [-0.1, -0.05) is 24.3 Å². The molecule has 0 unspecified atom stereocenters.